The summed E-state index contributed by atoms with van der Waals surface area (Å²) in [6.45, 7) is 1.50. The van der Waals surface area contributed by atoms with Gasteiger partial charge in [-0.25, -0.2) is 0 Å². The Hall–Kier alpha value is -2.73. The lowest BCUT2D eigenvalue weighted by molar-refractivity contribution is -0.384. The van der Waals surface area contributed by atoms with Gasteiger partial charge in [0, 0.05) is 32.4 Å². The molecule has 0 N–H and O–H groups in total. The Morgan fingerprint density at radius 1 is 1.08 bits per heavy atom. The van der Waals surface area contributed by atoms with Crippen LogP contribution >= 0.6 is 0 Å². The number of rotatable bonds is 7. The normalized spacial score (nSPS) is 11.2. The maximum absolute atomic E-state index is 11.3. The van der Waals surface area contributed by atoms with E-state index in [9.17, 15) is 10.1 Å². The molecule has 2 rings (SSSR count). The number of benzene rings is 2. The molecule has 0 aromatic heterocycles. The van der Waals surface area contributed by atoms with Crippen molar-refractivity contribution < 1.29 is 4.92 Å². The van der Waals surface area contributed by atoms with Gasteiger partial charge in [0.15, 0.2) is 0 Å². The van der Waals surface area contributed by atoms with Crippen molar-refractivity contribution in [3.8, 4) is 0 Å². The van der Waals surface area contributed by atoms with Crippen molar-refractivity contribution in [3.63, 3.8) is 0 Å². The molecule has 0 heterocycles. The van der Waals surface area contributed by atoms with E-state index in [1.807, 2.05) is 61.3 Å². The van der Waals surface area contributed by atoms with Crippen molar-refractivity contribution in [1.29, 1.82) is 0 Å². The zero-order valence-electron chi connectivity index (χ0n) is 14.2. The average Bonchev–Trinajstić information content (AvgIpc) is 2.58. The van der Waals surface area contributed by atoms with Gasteiger partial charge in [-0.15, -0.1) is 0 Å². The lowest BCUT2D eigenvalue weighted by Crippen LogP contribution is -2.28. The number of nitrogens with zero attached hydrogens (tertiary/aromatic N) is 4. The molecule has 2 aromatic carbocycles. The molecule has 0 aliphatic carbocycles. The van der Waals surface area contributed by atoms with Gasteiger partial charge in [0.05, 0.1) is 10.6 Å². The van der Waals surface area contributed by atoms with Gasteiger partial charge in [0.1, 0.15) is 5.69 Å². The summed E-state index contributed by atoms with van der Waals surface area (Å²) < 4.78 is 0. The molecule has 6 nitrogen and oxygen atoms in total. The highest BCUT2D eigenvalue weighted by Crippen LogP contribution is 2.31. The Balaban J connectivity index is 2.26. The van der Waals surface area contributed by atoms with Crippen LogP contribution in [0, 0.1) is 10.1 Å². The second-order valence-corrected chi connectivity index (χ2v) is 5.82. The van der Waals surface area contributed by atoms with Gasteiger partial charge in [-0.05, 0) is 31.8 Å². The molecular weight excluding hydrogens is 304 g/mol. The van der Waals surface area contributed by atoms with E-state index in [1.165, 1.54) is 6.07 Å². The largest absolute Gasteiger partial charge is 0.368 e. The number of anilines is 1. The van der Waals surface area contributed by atoms with Crippen LogP contribution in [-0.4, -0.2) is 50.3 Å². The number of hydrogen-bond acceptors (Lipinski definition) is 5. The van der Waals surface area contributed by atoms with Crippen LogP contribution in [0.1, 0.15) is 5.56 Å². The Kier molecular flexibility index (Phi) is 6.03. The zero-order chi connectivity index (χ0) is 17.5. The molecule has 24 heavy (non-hydrogen) atoms. The third kappa shape index (κ3) is 4.89. The maximum atomic E-state index is 11.3. The van der Waals surface area contributed by atoms with Gasteiger partial charge in [-0.1, -0.05) is 30.3 Å². The van der Waals surface area contributed by atoms with Crippen LogP contribution in [0.25, 0.3) is 0 Å². The Labute approximate surface area is 142 Å². The topological polar surface area (TPSA) is 62.0 Å². The fraction of sp³-hybridized carbons (Fsp3) is 0.278. The van der Waals surface area contributed by atoms with Crippen LogP contribution in [0.2, 0.25) is 0 Å². The Morgan fingerprint density at radius 3 is 2.42 bits per heavy atom. The van der Waals surface area contributed by atoms with Gasteiger partial charge in [0.25, 0.3) is 5.69 Å². The first-order valence-electron chi connectivity index (χ1n) is 7.71. The molecule has 0 saturated heterocycles. The molecule has 126 valence electrons. The Bertz CT molecular complexity index is 714. The van der Waals surface area contributed by atoms with Crippen molar-refractivity contribution >= 4 is 23.3 Å². The van der Waals surface area contributed by atoms with Crippen LogP contribution in [0.5, 0.6) is 0 Å². The van der Waals surface area contributed by atoms with Crippen molar-refractivity contribution in [2.75, 3.05) is 39.1 Å². The SMILES string of the molecule is CN(C)CCN(C)c1cc(N=Cc2ccccc2)ccc1[N+](=O)[O-]. The second-order valence-electron chi connectivity index (χ2n) is 5.82. The summed E-state index contributed by atoms with van der Waals surface area (Å²) >= 11 is 0. The van der Waals surface area contributed by atoms with E-state index in [0.717, 1.165) is 12.1 Å². The summed E-state index contributed by atoms with van der Waals surface area (Å²) in [5.74, 6) is 0. The van der Waals surface area contributed by atoms with E-state index in [-0.39, 0.29) is 10.6 Å². The van der Waals surface area contributed by atoms with Gasteiger partial charge in [0.2, 0.25) is 0 Å². The van der Waals surface area contributed by atoms with Crippen LogP contribution in [0.4, 0.5) is 17.1 Å². The fourth-order valence-corrected chi connectivity index (χ4v) is 2.21. The summed E-state index contributed by atoms with van der Waals surface area (Å²) in [4.78, 5) is 19.3. The number of hydrogen-bond donors (Lipinski definition) is 0. The first kappa shape index (κ1) is 17.6. The van der Waals surface area contributed by atoms with E-state index in [0.29, 0.717) is 17.9 Å². The smallest absolute Gasteiger partial charge is 0.292 e. The highest BCUT2D eigenvalue weighted by atomic mass is 16.6. The summed E-state index contributed by atoms with van der Waals surface area (Å²) in [5.41, 5.74) is 2.34. The number of nitro groups is 1. The van der Waals surface area contributed by atoms with E-state index >= 15 is 0 Å². The molecule has 0 atom stereocenters. The number of nitro benzene ring substituents is 1. The van der Waals surface area contributed by atoms with Crippen molar-refractivity contribution in [1.82, 2.24) is 4.90 Å². The van der Waals surface area contributed by atoms with Crippen molar-refractivity contribution in [3.05, 3.63) is 64.2 Å². The molecule has 0 aliphatic rings. The molecule has 6 heteroatoms. The van der Waals surface area contributed by atoms with Crippen molar-refractivity contribution in [2.24, 2.45) is 4.99 Å². The predicted molar refractivity (Wildman–Crippen MR) is 98.6 cm³/mol. The number of likely N-dealkylation sites (N-methyl/N-ethyl adjacent to an activating group) is 2. The van der Waals surface area contributed by atoms with Gasteiger partial charge < -0.3 is 9.80 Å². The Morgan fingerprint density at radius 2 is 1.79 bits per heavy atom. The standard InChI is InChI=1S/C18H22N4O2/c1-20(2)11-12-21(3)18-13-16(9-10-17(18)22(23)24)19-14-15-7-5-4-6-8-15/h4-10,13-14H,11-12H2,1-3H3. The van der Waals surface area contributed by atoms with Crippen LogP contribution < -0.4 is 4.90 Å². The van der Waals surface area contributed by atoms with E-state index < -0.39 is 0 Å². The molecule has 0 radical (unpaired) electrons. The lowest BCUT2D eigenvalue weighted by atomic mass is 10.2. The monoisotopic (exact) mass is 326 g/mol. The van der Waals surface area contributed by atoms with Gasteiger partial charge in [-0.2, -0.15) is 0 Å². The quantitative estimate of drug-likeness (QED) is 0.445. The van der Waals surface area contributed by atoms with Crippen LogP contribution in [-0.2, 0) is 0 Å². The third-order valence-corrected chi connectivity index (χ3v) is 3.61. The molecule has 0 amide bonds. The molecule has 0 saturated carbocycles. The molecular formula is C18H22N4O2. The molecule has 0 unspecified atom stereocenters. The predicted octanol–water partition coefficient (Wildman–Crippen LogP) is 3.34. The lowest BCUT2D eigenvalue weighted by Gasteiger charge is -2.21. The molecule has 0 aliphatic heterocycles. The molecule has 0 fully saturated rings. The van der Waals surface area contributed by atoms with E-state index in [4.69, 9.17) is 0 Å². The summed E-state index contributed by atoms with van der Waals surface area (Å²) in [6, 6.07) is 14.7. The molecule has 0 bridgehead atoms. The van der Waals surface area contributed by atoms with Gasteiger partial charge >= 0.3 is 0 Å². The van der Waals surface area contributed by atoms with Crippen molar-refractivity contribution in [2.45, 2.75) is 0 Å². The summed E-state index contributed by atoms with van der Waals surface area (Å²) in [7, 11) is 5.81. The van der Waals surface area contributed by atoms with E-state index in [2.05, 4.69) is 4.99 Å². The van der Waals surface area contributed by atoms with Crippen LogP contribution in [0.3, 0.4) is 0 Å². The minimum Gasteiger partial charge on any atom is -0.368 e. The highest BCUT2D eigenvalue weighted by molar-refractivity contribution is 5.82. The molecule has 0 spiro atoms. The van der Waals surface area contributed by atoms with E-state index in [1.54, 1.807) is 18.3 Å². The third-order valence-electron chi connectivity index (χ3n) is 3.61. The minimum absolute atomic E-state index is 0.0925. The van der Waals surface area contributed by atoms with Crippen LogP contribution in [0.15, 0.2) is 53.5 Å². The molecule has 2 aromatic rings. The zero-order valence-corrected chi connectivity index (χ0v) is 14.2. The first-order chi connectivity index (χ1) is 11.5. The maximum Gasteiger partial charge on any atom is 0.292 e. The first-order valence-corrected chi connectivity index (χ1v) is 7.71. The minimum atomic E-state index is -0.355. The summed E-state index contributed by atoms with van der Waals surface area (Å²) in [6.07, 6.45) is 1.75. The highest BCUT2D eigenvalue weighted by Gasteiger charge is 2.17. The van der Waals surface area contributed by atoms with Gasteiger partial charge in [-0.3, -0.25) is 15.1 Å². The number of aliphatic imine (C=N–C) groups is 1. The second kappa shape index (κ2) is 8.21. The fourth-order valence-electron chi connectivity index (χ4n) is 2.21. The summed E-state index contributed by atoms with van der Waals surface area (Å²) in [5, 5.41) is 11.3. The average molecular weight is 326 g/mol.